The lowest BCUT2D eigenvalue weighted by Crippen LogP contribution is -2.20. The average Bonchev–Trinajstić information content (AvgIpc) is 2.78. The van der Waals surface area contributed by atoms with Crippen molar-refractivity contribution >= 4 is 16.9 Å². The van der Waals surface area contributed by atoms with Crippen molar-refractivity contribution < 1.29 is 14.3 Å². The number of ether oxygens (including phenoxy) is 2. The standard InChI is InChI=1S/C24H20N2O4/c1-15-20(24(28)30-3)21(16-8-5-4-6-9-16)22-19(25-15)12-13-26(23(22)27)17-10-7-11-18(14-17)29-2/h4-14H,1-3H3. The molecule has 0 aliphatic rings. The van der Waals surface area contributed by atoms with Crippen molar-refractivity contribution in [2.45, 2.75) is 6.92 Å². The van der Waals surface area contributed by atoms with Gasteiger partial charge in [-0.1, -0.05) is 36.4 Å². The number of hydrogen-bond acceptors (Lipinski definition) is 5. The van der Waals surface area contributed by atoms with Crippen LogP contribution in [0.3, 0.4) is 0 Å². The summed E-state index contributed by atoms with van der Waals surface area (Å²) in [6, 6.07) is 18.3. The Morgan fingerprint density at radius 1 is 1.00 bits per heavy atom. The van der Waals surface area contributed by atoms with Crippen LogP contribution in [-0.2, 0) is 4.74 Å². The van der Waals surface area contributed by atoms with E-state index in [2.05, 4.69) is 4.98 Å². The maximum absolute atomic E-state index is 13.6. The average molecular weight is 400 g/mol. The quantitative estimate of drug-likeness (QED) is 0.481. The summed E-state index contributed by atoms with van der Waals surface area (Å²) in [5, 5.41) is 0.359. The molecular weight excluding hydrogens is 380 g/mol. The van der Waals surface area contributed by atoms with E-state index < -0.39 is 5.97 Å². The molecule has 4 aromatic rings. The van der Waals surface area contributed by atoms with Crippen LogP contribution in [0.4, 0.5) is 0 Å². The maximum atomic E-state index is 13.6. The van der Waals surface area contributed by atoms with Gasteiger partial charge in [0.1, 0.15) is 5.75 Å². The van der Waals surface area contributed by atoms with Crippen molar-refractivity contribution in [3.05, 3.63) is 88.5 Å². The number of pyridine rings is 2. The minimum absolute atomic E-state index is 0.280. The second kappa shape index (κ2) is 7.83. The van der Waals surface area contributed by atoms with E-state index in [0.29, 0.717) is 33.6 Å². The van der Waals surface area contributed by atoms with E-state index in [1.54, 1.807) is 32.4 Å². The molecule has 2 aromatic heterocycles. The SMILES string of the molecule is COC(=O)c1c(C)nc2ccn(-c3cccc(OC)c3)c(=O)c2c1-c1ccccc1. The van der Waals surface area contributed by atoms with Gasteiger partial charge in [-0.25, -0.2) is 4.79 Å². The summed E-state index contributed by atoms with van der Waals surface area (Å²) in [7, 11) is 2.89. The molecule has 0 bridgehead atoms. The molecule has 4 rings (SSSR count). The van der Waals surface area contributed by atoms with Gasteiger partial charge in [0.2, 0.25) is 0 Å². The van der Waals surface area contributed by atoms with Gasteiger partial charge in [0.05, 0.1) is 42.1 Å². The topological polar surface area (TPSA) is 70.4 Å². The van der Waals surface area contributed by atoms with Crippen molar-refractivity contribution in [1.82, 2.24) is 9.55 Å². The number of fused-ring (bicyclic) bond motifs is 1. The van der Waals surface area contributed by atoms with E-state index >= 15 is 0 Å². The fourth-order valence-electron chi connectivity index (χ4n) is 3.61. The van der Waals surface area contributed by atoms with Crippen LogP contribution in [-0.4, -0.2) is 29.7 Å². The van der Waals surface area contributed by atoms with Crippen molar-refractivity contribution in [3.8, 4) is 22.6 Å². The minimum atomic E-state index is -0.531. The van der Waals surface area contributed by atoms with E-state index in [-0.39, 0.29) is 11.1 Å². The molecule has 0 amide bonds. The summed E-state index contributed by atoms with van der Waals surface area (Å²) in [5.41, 5.74) is 2.95. The second-order valence-corrected chi connectivity index (χ2v) is 6.76. The first-order chi connectivity index (χ1) is 14.5. The normalized spacial score (nSPS) is 10.8. The third kappa shape index (κ3) is 3.22. The van der Waals surface area contributed by atoms with E-state index in [4.69, 9.17) is 9.47 Å². The molecule has 0 saturated carbocycles. The number of benzene rings is 2. The Hall–Kier alpha value is -3.93. The first kappa shape index (κ1) is 19.4. The van der Waals surface area contributed by atoms with Crippen LogP contribution in [0.15, 0.2) is 71.7 Å². The van der Waals surface area contributed by atoms with Gasteiger partial charge in [0, 0.05) is 17.8 Å². The highest BCUT2D eigenvalue weighted by atomic mass is 16.5. The highest BCUT2D eigenvalue weighted by Crippen LogP contribution is 2.32. The van der Waals surface area contributed by atoms with Crippen LogP contribution in [0.5, 0.6) is 5.75 Å². The number of carbonyl (C=O) groups is 1. The number of nitrogens with zero attached hydrogens (tertiary/aromatic N) is 2. The lowest BCUT2D eigenvalue weighted by Gasteiger charge is -2.15. The fraction of sp³-hybridized carbons (Fsp3) is 0.125. The monoisotopic (exact) mass is 400 g/mol. The Bertz CT molecular complexity index is 1310. The van der Waals surface area contributed by atoms with Crippen LogP contribution >= 0.6 is 0 Å². The molecule has 0 aliphatic heterocycles. The van der Waals surface area contributed by atoms with Gasteiger partial charge in [0.15, 0.2) is 0 Å². The van der Waals surface area contributed by atoms with E-state index in [0.717, 1.165) is 5.56 Å². The lowest BCUT2D eigenvalue weighted by molar-refractivity contribution is 0.0600. The predicted octanol–water partition coefficient (Wildman–Crippen LogP) is 4.16. The number of aryl methyl sites for hydroxylation is 1. The van der Waals surface area contributed by atoms with Gasteiger partial charge in [0.25, 0.3) is 5.56 Å². The zero-order chi connectivity index (χ0) is 21.3. The molecule has 0 aliphatic carbocycles. The molecule has 0 radical (unpaired) electrons. The van der Waals surface area contributed by atoms with E-state index in [1.165, 1.54) is 11.7 Å². The third-order valence-electron chi connectivity index (χ3n) is 5.00. The van der Waals surface area contributed by atoms with Crippen molar-refractivity contribution in [2.24, 2.45) is 0 Å². The van der Waals surface area contributed by atoms with Crippen LogP contribution in [0.2, 0.25) is 0 Å². The molecule has 150 valence electrons. The molecule has 6 heteroatoms. The van der Waals surface area contributed by atoms with Gasteiger partial charge in [-0.3, -0.25) is 14.3 Å². The zero-order valence-electron chi connectivity index (χ0n) is 16.9. The van der Waals surface area contributed by atoms with Crippen LogP contribution in [0, 0.1) is 6.92 Å². The summed E-state index contributed by atoms with van der Waals surface area (Å²) < 4.78 is 11.8. The summed E-state index contributed by atoms with van der Waals surface area (Å²) in [4.78, 5) is 30.8. The number of carbonyl (C=O) groups excluding carboxylic acids is 1. The van der Waals surface area contributed by atoms with Gasteiger partial charge in [-0.2, -0.15) is 0 Å². The molecule has 0 fully saturated rings. The van der Waals surface area contributed by atoms with E-state index in [1.807, 2.05) is 48.5 Å². The number of esters is 1. The lowest BCUT2D eigenvalue weighted by atomic mass is 9.95. The van der Waals surface area contributed by atoms with Gasteiger partial charge < -0.3 is 9.47 Å². The first-order valence-electron chi connectivity index (χ1n) is 9.39. The molecule has 0 atom stereocenters. The van der Waals surface area contributed by atoms with Crippen LogP contribution in [0.25, 0.3) is 27.7 Å². The zero-order valence-corrected chi connectivity index (χ0v) is 16.9. The Morgan fingerprint density at radius 2 is 1.77 bits per heavy atom. The Morgan fingerprint density at radius 3 is 2.47 bits per heavy atom. The van der Waals surface area contributed by atoms with Gasteiger partial charge in [-0.05, 0) is 30.7 Å². The predicted molar refractivity (Wildman–Crippen MR) is 115 cm³/mol. The molecule has 0 N–H and O–H groups in total. The third-order valence-corrected chi connectivity index (χ3v) is 5.00. The molecular formula is C24H20N2O4. The first-order valence-corrected chi connectivity index (χ1v) is 9.39. The van der Waals surface area contributed by atoms with Crippen molar-refractivity contribution in [2.75, 3.05) is 14.2 Å². The maximum Gasteiger partial charge on any atom is 0.340 e. The molecule has 2 heterocycles. The molecule has 0 unspecified atom stereocenters. The largest absolute Gasteiger partial charge is 0.497 e. The van der Waals surface area contributed by atoms with E-state index in [9.17, 15) is 9.59 Å². The second-order valence-electron chi connectivity index (χ2n) is 6.76. The van der Waals surface area contributed by atoms with Crippen LogP contribution < -0.4 is 10.3 Å². The Balaban J connectivity index is 2.13. The van der Waals surface area contributed by atoms with Crippen molar-refractivity contribution in [3.63, 3.8) is 0 Å². The molecule has 30 heavy (non-hydrogen) atoms. The van der Waals surface area contributed by atoms with Gasteiger partial charge >= 0.3 is 5.97 Å². The number of aromatic nitrogens is 2. The van der Waals surface area contributed by atoms with Crippen LogP contribution in [0.1, 0.15) is 16.1 Å². The smallest absolute Gasteiger partial charge is 0.340 e. The number of hydrogen-bond donors (Lipinski definition) is 0. The highest BCUT2D eigenvalue weighted by molar-refractivity contribution is 6.07. The molecule has 2 aromatic carbocycles. The fourth-order valence-corrected chi connectivity index (χ4v) is 3.61. The molecule has 0 saturated heterocycles. The summed E-state index contributed by atoms with van der Waals surface area (Å²) in [5.74, 6) is 0.108. The molecule has 6 nitrogen and oxygen atoms in total. The Kier molecular flexibility index (Phi) is 5.06. The summed E-state index contributed by atoms with van der Waals surface area (Å²) in [6.45, 7) is 1.74. The molecule has 0 spiro atoms. The highest BCUT2D eigenvalue weighted by Gasteiger charge is 2.23. The Labute approximate surface area is 173 Å². The van der Waals surface area contributed by atoms with Crippen molar-refractivity contribution in [1.29, 1.82) is 0 Å². The minimum Gasteiger partial charge on any atom is -0.497 e. The van der Waals surface area contributed by atoms with Gasteiger partial charge in [-0.15, -0.1) is 0 Å². The summed E-state index contributed by atoms with van der Waals surface area (Å²) in [6.07, 6.45) is 1.68. The number of rotatable bonds is 4. The summed E-state index contributed by atoms with van der Waals surface area (Å²) >= 11 is 0. The number of methoxy groups -OCH3 is 2.